The minimum Gasteiger partial charge on any atom is -0.295 e. The van der Waals surface area contributed by atoms with Crippen LogP contribution in [0.1, 0.15) is 48.7 Å². The third kappa shape index (κ3) is 3.34. The molecule has 0 bridgehead atoms. The van der Waals surface area contributed by atoms with Crippen LogP contribution < -0.4 is 0 Å². The maximum absolute atomic E-state index is 11.3. The van der Waals surface area contributed by atoms with Gasteiger partial charge in [0.1, 0.15) is 0 Å². The van der Waals surface area contributed by atoms with Crippen molar-refractivity contribution in [3.8, 4) is 0 Å². The van der Waals surface area contributed by atoms with Crippen molar-refractivity contribution in [2.24, 2.45) is 0 Å². The lowest BCUT2D eigenvalue weighted by Gasteiger charge is -2.09. The molecule has 0 radical (unpaired) electrons. The minimum absolute atomic E-state index is 0.138. The van der Waals surface area contributed by atoms with Crippen LogP contribution >= 0.6 is 0 Å². The maximum Gasteiger partial charge on any atom is 0.159 e. The van der Waals surface area contributed by atoms with Crippen LogP contribution in [0.2, 0.25) is 0 Å². The van der Waals surface area contributed by atoms with Crippen molar-refractivity contribution < 1.29 is 4.79 Å². The quantitative estimate of drug-likeness (QED) is 0.538. The van der Waals surface area contributed by atoms with Crippen LogP contribution in [0.3, 0.4) is 0 Å². The van der Waals surface area contributed by atoms with Gasteiger partial charge in [-0.25, -0.2) is 0 Å². The van der Waals surface area contributed by atoms with Gasteiger partial charge in [0.05, 0.1) is 0 Å². The third-order valence-corrected chi connectivity index (χ3v) is 2.81. The molecule has 0 saturated heterocycles. The fraction of sp³-hybridized carbons (Fsp3) is 0.400. The largest absolute Gasteiger partial charge is 0.295 e. The molecule has 1 aromatic carbocycles. The van der Waals surface area contributed by atoms with Crippen LogP contribution in [0.4, 0.5) is 0 Å². The monoisotopic (exact) mass is 216 g/mol. The number of aryl methyl sites for hydroxylation is 2. The Morgan fingerprint density at radius 2 is 1.94 bits per heavy atom. The van der Waals surface area contributed by atoms with Gasteiger partial charge in [-0.3, -0.25) is 4.79 Å². The fourth-order valence-corrected chi connectivity index (χ4v) is 1.77. The van der Waals surface area contributed by atoms with E-state index in [0.717, 1.165) is 24.8 Å². The number of allylic oxidation sites excluding steroid dienone is 1. The van der Waals surface area contributed by atoms with Gasteiger partial charge in [0.2, 0.25) is 0 Å². The van der Waals surface area contributed by atoms with Crippen molar-refractivity contribution >= 4 is 5.78 Å². The zero-order chi connectivity index (χ0) is 12.1. The Morgan fingerprint density at radius 1 is 1.25 bits per heavy atom. The van der Waals surface area contributed by atoms with E-state index in [2.05, 4.69) is 19.6 Å². The Bertz CT molecular complexity index is 402. The summed E-state index contributed by atoms with van der Waals surface area (Å²) in [5.74, 6) is 0.138. The van der Waals surface area contributed by atoms with E-state index in [-0.39, 0.29) is 5.78 Å². The van der Waals surface area contributed by atoms with Crippen molar-refractivity contribution in [3.05, 3.63) is 47.0 Å². The summed E-state index contributed by atoms with van der Waals surface area (Å²) in [6, 6.07) is 6.03. The van der Waals surface area contributed by atoms with Crippen molar-refractivity contribution in [3.63, 3.8) is 0 Å². The molecule has 0 aromatic heterocycles. The number of Topliss-reactive ketones (excluding diaryl/α,β-unsaturated/α-hetero) is 1. The summed E-state index contributed by atoms with van der Waals surface area (Å²) in [4.78, 5) is 11.3. The van der Waals surface area contributed by atoms with Crippen molar-refractivity contribution in [2.75, 3.05) is 0 Å². The number of carbonyl (C=O) groups excluding carboxylic acids is 1. The molecule has 0 atom stereocenters. The summed E-state index contributed by atoms with van der Waals surface area (Å²) in [5, 5.41) is 0. The molecule has 0 unspecified atom stereocenters. The van der Waals surface area contributed by atoms with Crippen LogP contribution in [-0.2, 0) is 12.8 Å². The lowest BCUT2D eigenvalue weighted by molar-refractivity contribution is 0.101. The topological polar surface area (TPSA) is 17.1 Å². The standard InChI is InChI=1S/C15H20O/c1-5-13-8-9-14(12(4)16)10-15(13)7-6-11(2)3/h8-10H,2,5-7H2,1,3-4H3. The second-order valence-electron chi connectivity index (χ2n) is 4.35. The molecule has 1 rings (SSSR count). The second-order valence-corrected chi connectivity index (χ2v) is 4.35. The van der Waals surface area contributed by atoms with Crippen molar-refractivity contribution in [1.82, 2.24) is 0 Å². The van der Waals surface area contributed by atoms with Gasteiger partial charge in [-0.1, -0.05) is 24.6 Å². The Hall–Kier alpha value is -1.37. The Morgan fingerprint density at radius 3 is 2.44 bits per heavy atom. The second kappa shape index (κ2) is 5.64. The van der Waals surface area contributed by atoms with Crippen LogP contribution in [0.15, 0.2) is 30.4 Å². The summed E-state index contributed by atoms with van der Waals surface area (Å²) in [5.41, 5.74) is 4.63. The first-order valence-electron chi connectivity index (χ1n) is 5.81. The Balaban J connectivity index is 2.97. The zero-order valence-corrected chi connectivity index (χ0v) is 10.5. The molecule has 0 heterocycles. The summed E-state index contributed by atoms with van der Waals surface area (Å²) in [7, 11) is 0. The van der Waals surface area contributed by atoms with Crippen LogP contribution in [-0.4, -0.2) is 5.78 Å². The molecule has 16 heavy (non-hydrogen) atoms. The van der Waals surface area contributed by atoms with Gasteiger partial charge in [0.15, 0.2) is 5.78 Å². The zero-order valence-electron chi connectivity index (χ0n) is 10.5. The highest BCUT2D eigenvalue weighted by Crippen LogP contribution is 2.17. The van der Waals surface area contributed by atoms with Crippen LogP contribution in [0, 0.1) is 0 Å². The average Bonchev–Trinajstić information content (AvgIpc) is 2.25. The number of rotatable bonds is 5. The number of benzene rings is 1. The third-order valence-electron chi connectivity index (χ3n) is 2.81. The molecule has 1 aromatic rings. The number of hydrogen-bond donors (Lipinski definition) is 0. The van der Waals surface area contributed by atoms with Gasteiger partial charge in [-0.15, -0.1) is 6.58 Å². The Kier molecular flexibility index (Phi) is 4.48. The van der Waals surface area contributed by atoms with Crippen molar-refractivity contribution in [1.29, 1.82) is 0 Å². The van der Waals surface area contributed by atoms with Gasteiger partial charge in [0.25, 0.3) is 0 Å². The number of ketones is 1. The van der Waals surface area contributed by atoms with Gasteiger partial charge in [0, 0.05) is 5.56 Å². The molecule has 0 aliphatic rings. The summed E-state index contributed by atoms with van der Waals surface area (Å²) < 4.78 is 0. The number of hydrogen-bond acceptors (Lipinski definition) is 1. The summed E-state index contributed by atoms with van der Waals surface area (Å²) >= 11 is 0. The highest BCUT2D eigenvalue weighted by molar-refractivity contribution is 5.94. The summed E-state index contributed by atoms with van der Waals surface area (Å²) in [6.45, 7) is 9.72. The van der Waals surface area contributed by atoms with E-state index in [1.165, 1.54) is 16.7 Å². The van der Waals surface area contributed by atoms with Gasteiger partial charge in [-0.05, 0) is 50.3 Å². The minimum atomic E-state index is 0.138. The highest BCUT2D eigenvalue weighted by Gasteiger charge is 2.05. The molecule has 0 amide bonds. The molecule has 0 fully saturated rings. The van der Waals surface area contributed by atoms with Gasteiger partial charge >= 0.3 is 0 Å². The lowest BCUT2D eigenvalue weighted by Crippen LogP contribution is -1.99. The number of carbonyl (C=O) groups is 1. The predicted molar refractivity (Wildman–Crippen MR) is 69.0 cm³/mol. The molecular formula is C15H20O. The molecule has 1 nitrogen and oxygen atoms in total. The average molecular weight is 216 g/mol. The molecule has 0 aliphatic carbocycles. The molecule has 0 spiro atoms. The van der Waals surface area contributed by atoms with Crippen LogP contribution in [0.5, 0.6) is 0 Å². The van der Waals surface area contributed by atoms with Gasteiger partial charge in [-0.2, -0.15) is 0 Å². The molecule has 0 N–H and O–H groups in total. The van der Waals surface area contributed by atoms with E-state index >= 15 is 0 Å². The molecular weight excluding hydrogens is 196 g/mol. The normalized spacial score (nSPS) is 10.2. The molecule has 1 heteroatoms. The molecule has 0 saturated carbocycles. The fourth-order valence-electron chi connectivity index (χ4n) is 1.77. The van der Waals surface area contributed by atoms with E-state index in [0.29, 0.717) is 0 Å². The van der Waals surface area contributed by atoms with Crippen LogP contribution in [0.25, 0.3) is 0 Å². The highest BCUT2D eigenvalue weighted by atomic mass is 16.1. The maximum atomic E-state index is 11.3. The lowest BCUT2D eigenvalue weighted by atomic mass is 9.96. The van der Waals surface area contributed by atoms with E-state index in [1.54, 1.807) is 6.92 Å². The predicted octanol–water partition coefficient (Wildman–Crippen LogP) is 3.96. The van der Waals surface area contributed by atoms with E-state index in [1.807, 2.05) is 19.1 Å². The van der Waals surface area contributed by atoms with Crippen molar-refractivity contribution in [2.45, 2.75) is 40.0 Å². The first-order valence-corrected chi connectivity index (χ1v) is 5.81. The molecule has 0 aliphatic heterocycles. The van der Waals surface area contributed by atoms with E-state index in [4.69, 9.17) is 0 Å². The van der Waals surface area contributed by atoms with Gasteiger partial charge < -0.3 is 0 Å². The smallest absolute Gasteiger partial charge is 0.159 e. The first kappa shape index (κ1) is 12.7. The SMILES string of the molecule is C=C(C)CCc1cc(C(C)=O)ccc1CC. The molecule has 86 valence electrons. The Labute approximate surface area is 98.2 Å². The summed E-state index contributed by atoms with van der Waals surface area (Å²) in [6.07, 6.45) is 3.00. The first-order chi connectivity index (χ1) is 7.54. The van der Waals surface area contributed by atoms with E-state index < -0.39 is 0 Å². The van der Waals surface area contributed by atoms with E-state index in [9.17, 15) is 4.79 Å².